The fraction of sp³-hybridized carbons (Fsp3) is 0.308. The van der Waals surface area contributed by atoms with Gasteiger partial charge in [-0.25, -0.2) is 9.97 Å². The number of nitrogens with one attached hydrogen (secondary N) is 1. The molecular formula is C13H15N3O2. The number of aromatic amines is 1. The smallest absolute Gasteiger partial charge is 0.316 e. The summed E-state index contributed by atoms with van der Waals surface area (Å²) in [5, 5.41) is 9.22. The van der Waals surface area contributed by atoms with Gasteiger partial charge in [0.05, 0.1) is 11.4 Å². The molecule has 18 heavy (non-hydrogen) atoms. The highest BCUT2D eigenvalue weighted by molar-refractivity contribution is 5.79. The van der Waals surface area contributed by atoms with Crippen LogP contribution in [0.25, 0.3) is 11.4 Å². The standard InChI is InChI=1S/C13H15N3O2/c1-8-7-10(9-5-4-6-14-9)16-11(15-8)13(2,3)12(17)18/h4-7,14H,1-3H3,(H,17,18). The first kappa shape index (κ1) is 12.3. The summed E-state index contributed by atoms with van der Waals surface area (Å²) in [5.41, 5.74) is 1.20. The van der Waals surface area contributed by atoms with Crippen LogP contribution in [0.5, 0.6) is 0 Å². The van der Waals surface area contributed by atoms with Gasteiger partial charge in [0.2, 0.25) is 0 Å². The number of carboxylic acids is 1. The fourth-order valence-electron chi connectivity index (χ4n) is 1.57. The highest BCUT2D eigenvalue weighted by Gasteiger charge is 2.33. The molecule has 2 rings (SSSR count). The maximum absolute atomic E-state index is 11.2. The summed E-state index contributed by atoms with van der Waals surface area (Å²) in [5.74, 6) is -0.620. The predicted molar refractivity (Wildman–Crippen MR) is 67.2 cm³/mol. The normalized spacial score (nSPS) is 11.5. The Labute approximate surface area is 105 Å². The number of H-pyrrole nitrogens is 1. The molecule has 0 saturated carbocycles. The summed E-state index contributed by atoms with van der Waals surface area (Å²) in [6.45, 7) is 5.03. The molecule has 0 aliphatic carbocycles. The third kappa shape index (κ3) is 2.11. The lowest BCUT2D eigenvalue weighted by molar-refractivity contribution is -0.142. The van der Waals surface area contributed by atoms with E-state index < -0.39 is 11.4 Å². The second kappa shape index (κ2) is 4.25. The Kier molecular flexibility index (Phi) is 2.90. The Morgan fingerprint density at radius 3 is 2.67 bits per heavy atom. The van der Waals surface area contributed by atoms with Crippen LogP contribution < -0.4 is 0 Å². The number of nitrogens with zero attached hydrogens (tertiary/aromatic N) is 2. The number of rotatable bonds is 3. The van der Waals surface area contributed by atoms with Gasteiger partial charge in [-0.3, -0.25) is 4.79 Å². The summed E-state index contributed by atoms with van der Waals surface area (Å²) < 4.78 is 0. The van der Waals surface area contributed by atoms with E-state index in [1.54, 1.807) is 20.0 Å². The van der Waals surface area contributed by atoms with Crippen molar-refractivity contribution < 1.29 is 9.90 Å². The lowest BCUT2D eigenvalue weighted by Gasteiger charge is -2.18. The van der Waals surface area contributed by atoms with E-state index in [0.29, 0.717) is 11.5 Å². The molecule has 0 spiro atoms. The first-order valence-electron chi connectivity index (χ1n) is 5.64. The first-order chi connectivity index (χ1) is 8.41. The number of carboxylic acid groups (broad SMARTS) is 1. The molecule has 2 N–H and O–H groups in total. The zero-order valence-corrected chi connectivity index (χ0v) is 10.6. The highest BCUT2D eigenvalue weighted by atomic mass is 16.4. The molecule has 2 aromatic heterocycles. The third-order valence-electron chi connectivity index (χ3n) is 2.82. The molecule has 0 atom stereocenters. The van der Waals surface area contributed by atoms with Crippen molar-refractivity contribution in [3.8, 4) is 11.4 Å². The molecule has 5 nitrogen and oxygen atoms in total. The van der Waals surface area contributed by atoms with E-state index in [9.17, 15) is 9.90 Å². The number of hydrogen-bond acceptors (Lipinski definition) is 3. The van der Waals surface area contributed by atoms with Crippen molar-refractivity contribution in [1.82, 2.24) is 15.0 Å². The number of aryl methyl sites for hydroxylation is 1. The second-order valence-corrected chi connectivity index (χ2v) is 4.73. The molecule has 2 aromatic rings. The van der Waals surface area contributed by atoms with Gasteiger partial charge in [0.1, 0.15) is 11.2 Å². The lowest BCUT2D eigenvalue weighted by Crippen LogP contribution is -2.31. The monoisotopic (exact) mass is 245 g/mol. The minimum Gasteiger partial charge on any atom is -0.481 e. The van der Waals surface area contributed by atoms with Crippen LogP contribution >= 0.6 is 0 Å². The van der Waals surface area contributed by atoms with Crippen LogP contribution in [0.4, 0.5) is 0 Å². The van der Waals surface area contributed by atoms with Crippen LogP contribution in [0.1, 0.15) is 25.4 Å². The maximum atomic E-state index is 11.2. The van der Waals surface area contributed by atoms with Gasteiger partial charge in [0.15, 0.2) is 0 Å². The Bertz CT molecular complexity index is 574. The van der Waals surface area contributed by atoms with E-state index in [0.717, 1.165) is 11.4 Å². The molecule has 2 heterocycles. The largest absolute Gasteiger partial charge is 0.481 e. The van der Waals surface area contributed by atoms with E-state index >= 15 is 0 Å². The van der Waals surface area contributed by atoms with Gasteiger partial charge in [-0.05, 0) is 39.0 Å². The van der Waals surface area contributed by atoms with Crippen molar-refractivity contribution in [3.05, 3.63) is 35.9 Å². The van der Waals surface area contributed by atoms with Crippen LogP contribution in [0, 0.1) is 6.92 Å². The molecule has 0 bridgehead atoms. The summed E-state index contributed by atoms with van der Waals surface area (Å²) in [6.07, 6.45) is 1.80. The fourth-order valence-corrected chi connectivity index (χ4v) is 1.57. The first-order valence-corrected chi connectivity index (χ1v) is 5.64. The van der Waals surface area contributed by atoms with Crippen molar-refractivity contribution in [2.24, 2.45) is 0 Å². The van der Waals surface area contributed by atoms with E-state index in [-0.39, 0.29) is 0 Å². The molecular weight excluding hydrogens is 230 g/mol. The SMILES string of the molecule is Cc1cc(-c2ccc[nH]2)nc(C(C)(C)C(=O)O)n1. The summed E-state index contributed by atoms with van der Waals surface area (Å²) >= 11 is 0. The Morgan fingerprint density at radius 1 is 1.39 bits per heavy atom. The Balaban J connectivity index is 2.55. The van der Waals surface area contributed by atoms with Crippen molar-refractivity contribution in [3.63, 3.8) is 0 Å². The number of carbonyl (C=O) groups is 1. The van der Waals surface area contributed by atoms with Crippen molar-refractivity contribution in [2.75, 3.05) is 0 Å². The summed E-state index contributed by atoms with van der Waals surface area (Å²) in [4.78, 5) is 22.9. The molecule has 0 fully saturated rings. The van der Waals surface area contributed by atoms with Gasteiger partial charge in [0, 0.05) is 11.9 Å². The van der Waals surface area contributed by atoms with Crippen LogP contribution in [0.2, 0.25) is 0 Å². The van der Waals surface area contributed by atoms with Gasteiger partial charge >= 0.3 is 5.97 Å². The van der Waals surface area contributed by atoms with Gasteiger partial charge in [-0.1, -0.05) is 0 Å². The molecule has 0 unspecified atom stereocenters. The summed E-state index contributed by atoms with van der Waals surface area (Å²) in [7, 11) is 0. The average Bonchev–Trinajstić information content (AvgIpc) is 2.81. The lowest BCUT2D eigenvalue weighted by atomic mass is 9.92. The molecule has 0 aromatic carbocycles. The van der Waals surface area contributed by atoms with Crippen LogP contribution in [-0.4, -0.2) is 26.0 Å². The van der Waals surface area contributed by atoms with Crippen molar-refractivity contribution >= 4 is 5.97 Å². The molecule has 94 valence electrons. The minimum atomic E-state index is -1.10. The zero-order valence-electron chi connectivity index (χ0n) is 10.6. The predicted octanol–water partition coefficient (Wildman–Crippen LogP) is 2.14. The quantitative estimate of drug-likeness (QED) is 0.868. The van der Waals surface area contributed by atoms with Crippen LogP contribution in [-0.2, 0) is 10.2 Å². The number of hydrogen-bond donors (Lipinski definition) is 2. The second-order valence-electron chi connectivity index (χ2n) is 4.73. The Morgan fingerprint density at radius 2 is 2.11 bits per heavy atom. The number of aliphatic carboxylic acids is 1. The molecule has 0 saturated heterocycles. The molecule has 0 aliphatic heterocycles. The number of aromatic nitrogens is 3. The van der Waals surface area contributed by atoms with Gasteiger partial charge in [-0.15, -0.1) is 0 Å². The third-order valence-corrected chi connectivity index (χ3v) is 2.82. The van der Waals surface area contributed by atoms with Crippen LogP contribution in [0.3, 0.4) is 0 Å². The molecule has 0 aliphatic rings. The topological polar surface area (TPSA) is 78.9 Å². The summed E-state index contributed by atoms with van der Waals surface area (Å²) in [6, 6.07) is 5.58. The molecule has 0 amide bonds. The van der Waals surface area contributed by atoms with Crippen LogP contribution in [0.15, 0.2) is 24.4 Å². The minimum absolute atomic E-state index is 0.319. The van der Waals surface area contributed by atoms with Crippen molar-refractivity contribution in [1.29, 1.82) is 0 Å². The van der Waals surface area contributed by atoms with Gasteiger partial charge in [0.25, 0.3) is 0 Å². The van der Waals surface area contributed by atoms with E-state index in [2.05, 4.69) is 15.0 Å². The van der Waals surface area contributed by atoms with E-state index in [4.69, 9.17) is 0 Å². The van der Waals surface area contributed by atoms with Crippen molar-refractivity contribution in [2.45, 2.75) is 26.2 Å². The van der Waals surface area contributed by atoms with Gasteiger partial charge < -0.3 is 10.1 Å². The van der Waals surface area contributed by atoms with E-state index in [1.165, 1.54) is 0 Å². The Hall–Kier alpha value is -2.17. The van der Waals surface area contributed by atoms with Gasteiger partial charge in [-0.2, -0.15) is 0 Å². The highest BCUT2D eigenvalue weighted by Crippen LogP contribution is 2.23. The van der Waals surface area contributed by atoms with E-state index in [1.807, 2.05) is 25.1 Å². The average molecular weight is 245 g/mol. The molecule has 0 radical (unpaired) electrons. The molecule has 5 heteroatoms. The maximum Gasteiger partial charge on any atom is 0.316 e. The zero-order chi connectivity index (χ0) is 13.3.